The second-order valence-electron chi connectivity index (χ2n) is 12.2. The van der Waals surface area contributed by atoms with Crippen LogP contribution in [-0.2, 0) is 22.4 Å². The molecule has 44 heavy (non-hydrogen) atoms. The molecule has 1 saturated heterocycles. The van der Waals surface area contributed by atoms with E-state index in [-0.39, 0.29) is 17.7 Å². The summed E-state index contributed by atoms with van der Waals surface area (Å²) in [6, 6.07) is 13.2. The van der Waals surface area contributed by atoms with E-state index in [0.29, 0.717) is 29.8 Å². The molecule has 4 rings (SSSR count). The number of pyridine rings is 1. The molecule has 0 aliphatic carbocycles. The average Bonchev–Trinajstić information content (AvgIpc) is 3.69. The van der Waals surface area contributed by atoms with Gasteiger partial charge in [0.15, 0.2) is 0 Å². The number of ketones is 1. The molecule has 0 bridgehead atoms. The summed E-state index contributed by atoms with van der Waals surface area (Å²) in [4.78, 5) is 43.8. The Bertz CT molecular complexity index is 1390. The number of carbonyl (C=O) groups excluding carboxylic acids is 3. The predicted octanol–water partition coefficient (Wildman–Crippen LogP) is 7.13. The molecule has 1 aliphatic heterocycles. The molecule has 1 amide bonds. The van der Waals surface area contributed by atoms with Crippen LogP contribution in [0.2, 0.25) is 0 Å². The molecular formula is C37H51N3O4. The Morgan fingerprint density at radius 3 is 2.18 bits per heavy atom. The van der Waals surface area contributed by atoms with E-state index in [1.54, 1.807) is 11.0 Å². The lowest BCUT2D eigenvalue weighted by Crippen LogP contribution is -2.41. The van der Waals surface area contributed by atoms with Crippen molar-refractivity contribution in [2.75, 3.05) is 33.3 Å². The van der Waals surface area contributed by atoms with Crippen LogP contribution in [-0.4, -0.2) is 71.2 Å². The molecule has 1 fully saturated rings. The van der Waals surface area contributed by atoms with Gasteiger partial charge in [-0.2, -0.15) is 0 Å². The van der Waals surface area contributed by atoms with Crippen molar-refractivity contribution in [2.45, 2.75) is 97.4 Å². The zero-order valence-electron chi connectivity index (χ0n) is 27.3. The lowest BCUT2D eigenvalue weighted by Gasteiger charge is -2.22. The summed E-state index contributed by atoms with van der Waals surface area (Å²) in [5.41, 5.74) is 4.92. The minimum atomic E-state index is -0.545. The van der Waals surface area contributed by atoms with Gasteiger partial charge in [-0.1, -0.05) is 64.3 Å². The van der Waals surface area contributed by atoms with Crippen LogP contribution in [0, 0.1) is 0 Å². The second kappa shape index (κ2) is 16.6. The van der Waals surface area contributed by atoms with Crippen molar-refractivity contribution in [3.05, 3.63) is 76.6 Å². The molecule has 1 atom stereocenters. The maximum Gasteiger partial charge on any atom is 0.328 e. The monoisotopic (exact) mass is 601 g/mol. The molecule has 0 spiro atoms. The van der Waals surface area contributed by atoms with Crippen molar-refractivity contribution in [1.82, 2.24) is 14.2 Å². The fraction of sp³-hybridized carbons (Fsp3) is 0.541. The molecule has 0 unspecified atom stereocenters. The lowest BCUT2D eigenvalue weighted by molar-refractivity contribution is -0.145. The number of benzene rings is 1. The number of likely N-dealkylation sites (tertiary alicyclic amines) is 1. The van der Waals surface area contributed by atoms with Crippen molar-refractivity contribution < 1.29 is 19.1 Å². The fourth-order valence-electron chi connectivity index (χ4n) is 6.30. The molecular weight excluding hydrogens is 550 g/mol. The van der Waals surface area contributed by atoms with Crippen molar-refractivity contribution in [3.8, 4) is 0 Å². The summed E-state index contributed by atoms with van der Waals surface area (Å²) < 4.78 is 6.85. The van der Waals surface area contributed by atoms with E-state index >= 15 is 0 Å². The first kappa shape index (κ1) is 33.4. The Morgan fingerprint density at radius 1 is 0.841 bits per heavy atom. The number of rotatable bonds is 17. The highest BCUT2D eigenvalue weighted by Crippen LogP contribution is 2.26. The maximum absolute atomic E-state index is 13.9. The maximum atomic E-state index is 13.9. The standard InChI is InChI=1S/C37H51N3O4/c1-5-8-14-30-26-32-27-31(36(42)40-24-12-15-33(40)37(43)44-4)20-25-39(32)34(30)35(41)29-18-16-28(17-19-29)13-11-23-38(21-9-6-2)22-10-7-3/h16-20,25-27,33H,5-15,21-24H2,1-4H3/t33-/m1/s1. The van der Waals surface area contributed by atoms with Crippen LogP contribution in [0.1, 0.15) is 116 Å². The Labute approximate surface area is 263 Å². The van der Waals surface area contributed by atoms with Crippen LogP contribution in [0.25, 0.3) is 5.52 Å². The third-order valence-corrected chi connectivity index (χ3v) is 8.91. The van der Waals surface area contributed by atoms with Gasteiger partial charge in [-0.3, -0.25) is 9.59 Å². The Hall–Kier alpha value is -3.45. The summed E-state index contributed by atoms with van der Waals surface area (Å²) in [7, 11) is 1.36. The summed E-state index contributed by atoms with van der Waals surface area (Å²) in [6.45, 7) is 10.6. The van der Waals surface area contributed by atoms with Gasteiger partial charge in [-0.25, -0.2) is 4.79 Å². The number of methoxy groups -OCH3 is 1. The van der Waals surface area contributed by atoms with Crippen molar-refractivity contribution in [1.29, 1.82) is 0 Å². The van der Waals surface area contributed by atoms with Gasteiger partial charge in [0.05, 0.1) is 12.8 Å². The highest BCUT2D eigenvalue weighted by atomic mass is 16.5. The van der Waals surface area contributed by atoms with Gasteiger partial charge in [0.1, 0.15) is 6.04 Å². The number of nitrogens with zero attached hydrogens (tertiary/aromatic N) is 3. The third kappa shape index (κ3) is 8.17. The Balaban J connectivity index is 1.50. The topological polar surface area (TPSA) is 71.3 Å². The van der Waals surface area contributed by atoms with Crippen LogP contribution in [0.4, 0.5) is 0 Å². The number of esters is 1. The van der Waals surface area contributed by atoms with E-state index in [2.05, 4.69) is 37.8 Å². The van der Waals surface area contributed by atoms with Crippen LogP contribution < -0.4 is 0 Å². The number of aryl methyl sites for hydroxylation is 2. The summed E-state index contributed by atoms with van der Waals surface area (Å²) in [5, 5.41) is 0. The molecule has 0 N–H and O–H groups in total. The highest BCUT2D eigenvalue weighted by Gasteiger charge is 2.35. The number of fused-ring (bicyclic) bond motifs is 1. The number of unbranched alkanes of at least 4 members (excludes halogenated alkanes) is 3. The summed E-state index contributed by atoms with van der Waals surface area (Å²) >= 11 is 0. The van der Waals surface area contributed by atoms with Gasteiger partial charge in [0.25, 0.3) is 5.91 Å². The van der Waals surface area contributed by atoms with Crippen LogP contribution in [0.3, 0.4) is 0 Å². The summed E-state index contributed by atoms with van der Waals surface area (Å²) in [5.74, 6) is -0.558. The first-order valence-corrected chi connectivity index (χ1v) is 16.8. The first-order valence-electron chi connectivity index (χ1n) is 16.8. The lowest BCUT2D eigenvalue weighted by atomic mass is 10.00. The van der Waals surface area contributed by atoms with Gasteiger partial charge in [0.2, 0.25) is 5.78 Å². The minimum absolute atomic E-state index is 0.00247. The SMILES string of the molecule is CCCCc1cc2cc(C(=O)N3CCC[C@@H]3C(=O)OC)ccn2c1C(=O)c1ccc(CCCN(CCCC)CCCC)cc1. The second-order valence-corrected chi connectivity index (χ2v) is 12.2. The molecule has 1 aromatic carbocycles. The molecule has 0 radical (unpaired) electrons. The first-order chi connectivity index (χ1) is 21.4. The van der Waals surface area contributed by atoms with Gasteiger partial charge in [0, 0.05) is 29.4 Å². The van der Waals surface area contributed by atoms with E-state index in [1.165, 1.54) is 51.4 Å². The number of ether oxygens (including phenoxy) is 1. The molecule has 238 valence electrons. The number of aromatic nitrogens is 1. The molecule has 3 heterocycles. The molecule has 7 nitrogen and oxygen atoms in total. The van der Waals surface area contributed by atoms with Crippen molar-refractivity contribution in [3.63, 3.8) is 0 Å². The Morgan fingerprint density at radius 2 is 1.52 bits per heavy atom. The van der Waals surface area contributed by atoms with E-state index in [4.69, 9.17) is 4.74 Å². The van der Waals surface area contributed by atoms with Crippen LogP contribution in [0.15, 0.2) is 48.7 Å². The van der Waals surface area contributed by atoms with Crippen LogP contribution in [0.5, 0.6) is 0 Å². The predicted molar refractivity (Wildman–Crippen MR) is 177 cm³/mol. The summed E-state index contributed by atoms with van der Waals surface area (Å²) in [6.07, 6.45) is 13.1. The van der Waals surface area contributed by atoms with Crippen molar-refractivity contribution in [2.24, 2.45) is 0 Å². The molecule has 2 aromatic heterocycles. The smallest absolute Gasteiger partial charge is 0.328 e. The molecule has 3 aromatic rings. The largest absolute Gasteiger partial charge is 0.467 e. The molecule has 0 saturated carbocycles. The van der Waals surface area contributed by atoms with Crippen molar-refractivity contribution >= 4 is 23.2 Å². The van der Waals surface area contributed by atoms with Gasteiger partial charge in [-0.15, -0.1) is 0 Å². The number of amides is 1. The number of hydrogen-bond acceptors (Lipinski definition) is 5. The van der Waals surface area contributed by atoms with E-state index in [1.807, 2.05) is 34.9 Å². The fourth-order valence-corrected chi connectivity index (χ4v) is 6.30. The van der Waals surface area contributed by atoms with Gasteiger partial charge in [-0.05, 0) is 100 Å². The number of carbonyl (C=O) groups is 3. The molecule has 7 heteroatoms. The normalized spacial score (nSPS) is 14.9. The quantitative estimate of drug-likeness (QED) is 0.122. The number of hydrogen-bond donors (Lipinski definition) is 0. The highest BCUT2D eigenvalue weighted by molar-refractivity contribution is 6.10. The van der Waals surface area contributed by atoms with Gasteiger partial charge < -0.3 is 18.9 Å². The van der Waals surface area contributed by atoms with Crippen LogP contribution >= 0.6 is 0 Å². The van der Waals surface area contributed by atoms with E-state index in [9.17, 15) is 14.4 Å². The molecule has 1 aliphatic rings. The third-order valence-electron chi connectivity index (χ3n) is 8.91. The van der Waals surface area contributed by atoms with E-state index in [0.717, 1.165) is 56.1 Å². The minimum Gasteiger partial charge on any atom is -0.467 e. The zero-order chi connectivity index (χ0) is 31.5. The Kier molecular flexibility index (Phi) is 12.6. The van der Waals surface area contributed by atoms with E-state index < -0.39 is 6.04 Å². The average molecular weight is 602 g/mol. The zero-order valence-corrected chi connectivity index (χ0v) is 27.3. The van der Waals surface area contributed by atoms with Gasteiger partial charge >= 0.3 is 5.97 Å².